The summed E-state index contributed by atoms with van der Waals surface area (Å²) >= 11 is 0. The maximum atomic E-state index is 13.6. The van der Waals surface area contributed by atoms with Gasteiger partial charge in [0.2, 0.25) is 5.60 Å². The van der Waals surface area contributed by atoms with Gasteiger partial charge >= 0.3 is 0 Å². The van der Waals surface area contributed by atoms with Crippen LogP contribution in [0.25, 0.3) is 0 Å². The number of rotatable bonds is 7. The second kappa shape index (κ2) is 8.20. The van der Waals surface area contributed by atoms with Gasteiger partial charge in [-0.15, -0.1) is 0 Å². The number of methoxy groups -OCH3 is 1. The van der Waals surface area contributed by atoms with E-state index in [1.165, 1.54) is 6.07 Å². The summed E-state index contributed by atoms with van der Waals surface area (Å²) in [5.41, 5.74) is 1.08. The number of benzene rings is 2. The Balaban J connectivity index is 1.53. The molecule has 0 saturated carbocycles. The molecule has 142 valence electrons. The molecule has 6 heteroatoms. The topological polar surface area (TPSA) is 59.9 Å². The standard InChI is InChI=1S/C21H23FN2O3/c1-21(14-18(24-27-21)16-10-4-6-12-19(16)26-2)20(25)23-13-7-9-15-8-3-5-11-17(15)22/h3-6,8,10-12H,7,9,13-14H2,1-2H3,(H,23,25). The molecule has 1 aliphatic rings. The quantitative estimate of drug-likeness (QED) is 0.760. The fraction of sp³-hybridized carbons (Fsp3) is 0.333. The molecule has 1 unspecified atom stereocenters. The third-order valence-corrected chi connectivity index (χ3v) is 4.63. The first kappa shape index (κ1) is 18.9. The number of nitrogens with one attached hydrogen (secondary N) is 1. The predicted molar refractivity (Wildman–Crippen MR) is 101 cm³/mol. The van der Waals surface area contributed by atoms with E-state index in [9.17, 15) is 9.18 Å². The van der Waals surface area contributed by atoms with Crippen molar-refractivity contribution in [1.29, 1.82) is 0 Å². The Kier molecular flexibility index (Phi) is 5.74. The molecule has 0 fully saturated rings. The number of hydrogen-bond donors (Lipinski definition) is 1. The normalized spacial score (nSPS) is 18.6. The van der Waals surface area contributed by atoms with Gasteiger partial charge in [-0.3, -0.25) is 4.79 Å². The minimum absolute atomic E-state index is 0.218. The van der Waals surface area contributed by atoms with E-state index in [1.807, 2.05) is 24.3 Å². The van der Waals surface area contributed by atoms with Gasteiger partial charge in [-0.25, -0.2) is 4.39 Å². The van der Waals surface area contributed by atoms with Gasteiger partial charge in [0.25, 0.3) is 5.91 Å². The lowest BCUT2D eigenvalue weighted by Crippen LogP contribution is -2.45. The molecule has 3 rings (SSSR count). The van der Waals surface area contributed by atoms with Crippen LogP contribution >= 0.6 is 0 Å². The van der Waals surface area contributed by atoms with Crippen molar-refractivity contribution in [3.05, 3.63) is 65.5 Å². The van der Waals surface area contributed by atoms with Gasteiger partial charge in [0.05, 0.1) is 12.8 Å². The van der Waals surface area contributed by atoms with Crippen LogP contribution in [0.5, 0.6) is 5.75 Å². The number of carbonyl (C=O) groups is 1. The fourth-order valence-electron chi connectivity index (χ4n) is 3.06. The molecule has 2 aromatic carbocycles. The molecule has 0 aromatic heterocycles. The van der Waals surface area contributed by atoms with Crippen molar-refractivity contribution >= 4 is 11.6 Å². The van der Waals surface area contributed by atoms with Gasteiger partial charge in [-0.1, -0.05) is 35.5 Å². The van der Waals surface area contributed by atoms with Gasteiger partial charge in [0.15, 0.2) is 0 Å². The number of para-hydroxylation sites is 1. The minimum Gasteiger partial charge on any atom is -0.496 e. The summed E-state index contributed by atoms with van der Waals surface area (Å²) in [5, 5.41) is 6.97. The number of aryl methyl sites for hydroxylation is 1. The largest absolute Gasteiger partial charge is 0.496 e. The highest BCUT2D eigenvalue weighted by molar-refractivity contribution is 6.07. The Labute approximate surface area is 158 Å². The van der Waals surface area contributed by atoms with Crippen LogP contribution in [0.4, 0.5) is 4.39 Å². The summed E-state index contributed by atoms with van der Waals surface area (Å²) in [6, 6.07) is 14.2. The number of halogens is 1. The van der Waals surface area contributed by atoms with E-state index in [1.54, 1.807) is 32.2 Å². The van der Waals surface area contributed by atoms with Crippen LogP contribution in [-0.4, -0.2) is 30.9 Å². The maximum absolute atomic E-state index is 13.6. The first-order chi connectivity index (χ1) is 13.0. The first-order valence-corrected chi connectivity index (χ1v) is 8.93. The minimum atomic E-state index is -1.06. The molecule has 2 aromatic rings. The molecule has 27 heavy (non-hydrogen) atoms. The smallest absolute Gasteiger partial charge is 0.267 e. The first-order valence-electron chi connectivity index (χ1n) is 8.93. The predicted octanol–water partition coefficient (Wildman–Crippen LogP) is 3.47. The zero-order valence-electron chi connectivity index (χ0n) is 15.5. The molecule has 0 bridgehead atoms. The Morgan fingerprint density at radius 3 is 2.78 bits per heavy atom. The highest BCUT2D eigenvalue weighted by atomic mass is 19.1. The Morgan fingerprint density at radius 2 is 2.00 bits per heavy atom. The van der Waals surface area contributed by atoms with Crippen molar-refractivity contribution in [2.24, 2.45) is 5.16 Å². The molecular formula is C21H23FN2O3. The van der Waals surface area contributed by atoms with Gasteiger partial charge < -0.3 is 14.9 Å². The molecule has 5 nitrogen and oxygen atoms in total. The van der Waals surface area contributed by atoms with E-state index in [4.69, 9.17) is 9.57 Å². The molecule has 1 atom stereocenters. The summed E-state index contributed by atoms with van der Waals surface area (Å²) in [6.07, 6.45) is 1.56. The monoisotopic (exact) mass is 370 g/mol. The van der Waals surface area contributed by atoms with Crippen LogP contribution in [0.15, 0.2) is 53.7 Å². The molecule has 1 aliphatic heterocycles. The van der Waals surface area contributed by atoms with Gasteiger partial charge in [-0.05, 0) is 43.5 Å². The van der Waals surface area contributed by atoms with Crippen LogP contribution in [0.3, 0.4) is 0 Å². The van der Waals surface area contributed by atoms with Gasteiger partial charge in [0, 0.05) is 18.5 Å². The number of ether oxygens (including phenoxy) is 1. The van der Waals surface area contributed by atoms with Crippen LogP contribution in [0.2, 0.25) is 0 Å². The highest BCUT2D eigenvalue weighted by Crippen LogP contribution is 2.30. The van der Waals surface area contributed by atoms with E-state index in [-0.39, 0.29) is 11.7 Å². The number of amides is 1. The average molecular weight is 370 g/mol. The SMILES string of the molecule is COc1ccccc1C1=NOC(C)(C(=O)NCCCc2ccccc2F)C1. The van der Waals surface area contributed by atoms with E-state index in [0.29, 0.717) is 42.8 Å². The lowest BCUT2D eigenvalue weighted by atomic mass is 9.94. The van der Waals surface area contributed by atoms with Crippen LogP contribution < -0.4 is 10.1 Å². The van der Waals surface area contributed by atoms with E-state index >= 15 is 0 Å². The second-order valence-electron chi connectivity index (χ2n) is 6.69. The van der Waals surface area contributed by atoms with E-state index in [2.05, 4.69) is 10.5 Å². The fourth-order valence-corrected chi connectivity index (χ4v) is 3.06. The third-order valence-electron chi connectivity index (χ3n) is 4.63. The van der Waals surface area contributed by atoms with Gasteiger partial charge in [-0.2, -0.15) is 0 Å². The molecule has 0 spiro atoms. The van der Waals surface area contributed by atoms with Crippen molar-refractivity contribution in [1.82, 2.24) is 5.32 Å². The average Bonchev–Trinajstić information content (AvgIpc) is 3.09. The van der Waals surface area contributed by atoms with Crippen molar-refractivity contribution in [3.63, 3.8) is 0 Å². The lowest BCUT2D eigenvalue weighted by molar-refractivity contribution is -0.141. The summed E-state index contributed by atoms with van der Waals surface area (Å²) < 4.78 is 19.0. The van der Waals surface area contributed by atoms with E-state index in [0.717, 1.165) is 5.56 Å². The zero-order chi connectivity index (χ0) is 19.3. The van der Waals surface area contributed by atoms with Crippen molar-refractivity contribution < 1.29 is 18.8 Å². The van der Waals surface area contributed by atoms with E-state index < -0.39 is 5.60 Å². The summed E-state index contributed by atoms with van der Waals surface area (Å²) in [6.45, 7) is 2.15. The molecular weight excluding hydrogens is 347 g/mol. The van der Waals surface area contributed by atoms with Crippen LogP contribution in [0.1, 0.15) is 30.9 Å². The molecule has 1 heterocycles. The Hall–Kier alpha value is -2.89. The summed E-state index contributed by atoms with van der Waals surface area (Å²) in [7, 11) is 1.59. The second-order valence-corrected chi connectivity index (χ2v) is 6.69. The summed E-state index contributed by atoms with van der Waals surface area (Å²) in [4.78, 5) is 18.0. The molecule has 0 radical (unpaired) electrons. The number of hydrogen-bond acceptors (Lipinski definition) is 4. The lowest BCUT2D eigenvalue weighted by Gasteiger charge is -2.20. The Morgan fingerprint density at radius 1 is 1.26 bits per heavy atom. The van der Waals surface area contributed by atoms with Gasteiger partial charge in [0.1, 0.15) is 11.6 Å². The van der Waals surface area contributed by atoms with Crippen molar-refractivity contribution in [2.45, 2.75) is 31.8 Å². The van der Waals surface area contributed by atoms with Crippen LogP contribution in [0, 0.1) is 5.82 Å². The van der Waals surface area contributed by atoms with Crippen molar-refractivity contribution in [3.8, 4) is 5.75 Å². The summed E-state index contributed by atoms with van der Waals surface area (Å²) in [5.74, 6) is 0.240. The maximum Gasteiger partial charge on any atom is 0.267 e. The molecule has 1 amide bonds. The highest BCUT2D eigenvalue weighted by Gasteiger charge is 2.42. The van der Waals surface area contributed by atoms with Crippen LogP contribution in [-0.2, 0) is 16.1 Å². The molecule has 0 saturated heterocycles. The molecule has 0 aliphatic carbocycles. The third kappa shape index (κ3) is 4.27. The number of oxime groups is 1. The Bertz CT molecular complexity index is 853. The van der Waals surface area contributed by atoms with Crippen molar-refractivity contribution in [2.75, 3.05) is 13.7 Å². The zero-order valence-corrected chi connectivity index (χ0v) is 15.5. The molecule has 1 N–H and O–H groups in total. The number of carbonyl (C=O) groups excluding carboxylic acids is 1. The number of nitrogens with zero attached hydrogens (tertiary/aromatic N) is 1.